The van der Waals surface area contributed by atoms with Crippen molar-refractivity contribution in [2.45, 2.75) is 6.92 Å². The Morgan fingerprint density at radius 1 is 1.36 bits per heavy atom. The van der Waals surface area contributed by atoms with Gasteiger partial charge in [0.25, 0.3) is 0 Å². The Hall–Kier alpha value is -2.04. The molecular weight excluding hydrogens is 180 g/mol. The van der Waals surface area contributed by atoms with Gasteiger partial charge in [-0.2, -0.15) is 0 Å². The number of hydrogen-bond acceptors (Lipinski definition) is 5. The number of aryl methyl sites for hydroxylation is 1. The largest absolute Gasteiger partial charge is 0.389 e. The van der Waals surface area contributed by atoms with Gasteiger partial charge in [0.2, 0.25) is 0 Å². The van der Waals surface area contributed by atoms with E-state index in [4.69, 9.17) is 10.2 Å². The molecule has 0 fully saturated rings. The Balaban J connectivity index is 2.18. The molecule has 5 heteroatoms. The fourth-order valence-corrected chi connectivity index (χ4v) is 1.13. The lowest BCUT2D eigenvalue weighted by molar-refractivity contribution is 0.593. The van der Waals surface area contributed by atoms with E-state index < -0.39 is 0 Å². The molecule has 0 atom stereocenters. The highest BCUT2D eigenvalue weighted by Gasteiger charge is 2.01. The first-order valence-corrected chi connectivity index (χ1v) is 4.17. The van der Waals surface area contributed by atoms with Crippen molar-refractivity contribution in [3.8, 4) is 0 Å². The van der Waals surface area contributed by atoms with E-state index in [9.17, 15) is 0 Å². The van der Waals surface area contributed by atoms with Gasteiger partial charge in [-0.05, 0) is 24.6 Å². The summed E-state index contributed by atoms with van der Waals surface area (Å²) in [5.41, 5.74) is 7.33. The molecule has 0 aliphatic heterocycles. The average Bonchev–Trinajstić information content (AvgIpc) is 2.51. The van der Waals surface area contributed by atoms with Crippen molar-refractivity contribution in [2.24, 2.45) is 0 Å². The van der Waals surface area contributed by atoms with Crippen LogP contribution in [0.3, 0.4) is 0 Å². The lowest BCUT2D eigenvalue weighted by Crippen LogP contribution is -1.90. The zero-order valence-electron chi connectivity index (χ0n) is 7.69. The van der Waals surface area contributed by atoms with Crippen molar-refractivity contribution in [2.75, 3.05) is 11.1 Å². The van der Waals surface area contributed by atoms with Gasteiger partial charge in [0.1, 0.15) is 0 Å². The Morgan fingerprint density at radius 3 is 2.86 bits per heavy atom. The zero-order chi connectivity index (χ0) is 9.97. The van der Waals surface area contributed by atoms with E-state index in [0.29, 0.717) is 6.01 Å². The van der Waals surface area contributed by atoms with Crippen molar-refractivity contribution in [1.29, 1.82) is 0 Å². The maximum absolute atomic E-state index is 5.28. The number of benzene rings is 1. The summed E-state index contributed by atoms with van der Waals surface area (Å²) in [6.45, 7) is 2.01. The fourth-order valence-electron chi connectivity index (χ4n) is 1.13. The molecular formula is C9H10N4O. The summed E-state index contributed by atoms with van der Waals surface area (Å²) >= 11 is 0. The topological polar surface area (TPSA) is 77.0 Å². The molecule has 0 aliphatic rings. The summed E-state index contributed by atoms with van der Waals surface area (Å²) in [5.74, 6) is 0. The van der Waals surface area contributed by atoms with Crippen molar-refractivity contribution in [3.05, 3.63) is 29.8 Å². The Kier molecular flexibility index (Phi) is 2.06. The summed E-state index contributed by atoms with van der Waals surface area (Å²) in [7, 11) is 0. The molecule has 0 saturated heterocycles. The van der Waals surface area contributed by atoms with Gasteiger partial charge in [-0.25, -0.2) is 0 Å². The number of nitrogen functional groups attached to an aromatic ring is 1. The van der Waals surface area contributed by atoms with Gasteiger partial charge < -0.3 is 15.5 Å². The third kappa shape index (κ3) is 1.82. The standard InChI is InChI=1S/C9H10N4O/c1-6-3-2-4-7(5-6)11-9-13-12-8(10)14-9/h2-5H,1H3,(H2,10,12)(H,11,13). The molecule has 72 valence electrons. The summed E-state index contributed by atoms with van der Waals surface area (Å²) < 4.78 is 4.97. The highest BCUT2D eigenvalue weighted by Crippen LogP contribution is 2.16. The highest BCUT2D eigenvalue weighted by molar-refractivity contribution is 5.53. The van der Waals surface area contributed by atoms with E-state index in [-0.39, 0.29) is 6.01 Å². The predicted octanol–water partition coefficient (Wildman–Crippen LogP) is 1.70. The normalized spacial score (nSPS) is 10.1. The molecule has 0 saturated carbocycles. The first kappa shape index (κ1) is 8.55. The number of rotatable bonds is 2. The van der Waals surface area contributed by atoms with Crippen LogP contribution in [0.25, 0.3) is 0 Å². The van der Waals surface area contributed by atoms with Crippen molar-refractivity contribution >= 4 is 17.7 Å². The molecule has 1 aromatic carbocycles. The second-order valence-electron chi connectivity index (χ2n) is 2.94. The number of anilines is 3. The Bertz CT molecular complexity index is 438. The van der Waals surface area contributed by atoms with E-state index in [0.717, 1.165) is 11.3 Å². The number of aromatic nitrogens is 2. The van der Waals surface area contributed by atoms with Crippen LogP contribution in [0.4, 0.5) is 17.7 Å². The second kappa shape index (κ2) is 3.37. The lowest BCUT2D eigenvalue weighted by Gasteiger charge is -2.00. The molecule has 0 unspecified atom stereocenters. The summed E-state index contributed by atoms with van der Waals surface area (Å²) in [6, 6.07) is 8.19. The van der Waals surface area contributed by atoms with Crippen LogP contribution in [0.1, 0.15) is 5.56 Å². The molecule has 0 aliphatic carbocycles. The average molecular weight is 190 g/mol. The maximum atomic E-state index is 5.28. The van der Waals surface area contributed by atoms with Gasteiger partial charge in [-0.3, -0.25) is 0 Å². The SMILES string of the molecule is Cc1cccc(Nc2nnc(N)o2)c1. The van der Waals surface area contributed by atoms with Gasteiger partial charge in [0.05, 0.1) is 0 Å². The molecule has 0 radical (unpaired) electrons. The third-order valence-electron chi connectivity index (χ3n) is 1.71. The van der Waals surface area contributed by atoms with Gasteiger partial charge in [-0.1, -0.05) is 22.3 Å². The zero-order valence-corrected chi connectivity index (χ0v) is 7.69. The molecule has 0 amide bonds. The van der Waals surface area contributed by atoms with Crippen molar-refractivity contribution in [3.63, 3.8) is 0 Å². The highest BCUT2D eigenvalue weighted by atomic mass is 16.4. The van der Waals surface area contributed by atoms with Gasteiger partial charge in [-0.15, -0.1) is 0 Å². The minimum atomic E-state index is 0.0557. The minimum Gasteiger partial charge on any atom is -0.389 e. The van der Waals surface area contributed by atoms with Crippen LogP contribution >= 0.6 is 0 Å². The van der Waals surface area contributed by atoms with Crippen LogP contribution in [0.2, 0.25) is 0 Å². The smallest absolute Gasteiger partial charge is 0.321 e. The van der Waals surface area contributed by atoms with Gasteiger partial charge in [0, 0.05) is 5.69 Å². The fraction of sp³-hybridized carbons (Fsp3) is 0.111. The van der Waals surface area contributed by atoms with Crippen LogP contribution < -0.4 is 11.1 Å². The predicted molar refractivity (Wildman–Crippen MR) is 53.2 cm³/mol. The number of nitrogens with zero attached hydrogens (tertiary/aromatic N) is 2. The first-order valence-electron chi connectivity index (χ1n) is 4.17. The molecule has 1 heterocycles. The molecule has 5 nitrogen and oxygen atoms in total. The van der Waals surface area contributed by atoms with Crippen LogP contribution in [0.5, 0.6) is 0 Å². The van der Waals surface area contributed by atoms with Crippen molar-refractivity contribution < 1.29 is 4.42 Å². The Labute approximate surface area is 80.9 Å². The Morgan fingerprint density at radius 2 is 2.21 bits per heavy atom. The maximum Gasteiger partial charge on any atom is 0.321 e. The molecule has 2 rings (SSSR count). The molecule has 3 N–H and O–H groups in total. The second-order valence-corrected chi connectivity index (χ2v) is 2.94. The molecule has 2 aromatic rings. The third-order valence-corrected chi connectivity index (χ3v) is 1.71. The summed E-state index contributed by atoms with van der Waals surface area (Å²) in [6.07, 6.45) is 0. The monoisotopic (exact) mass is 190 g/mol. The van der Waals surface area contributed by atoms with Crippen LogP contribution in [0.15, 0.2) is 28.7 Å². The summed E-state index contributed by atoms with van der Waals surface area (Å²) in [4.78, 5) is 0. The molecule has 0 bridgehead atoms. The lowest BCUT2D eigenvalue weighted by atomic mass is 10.2. The number of hydrogen-bond donors (Lipinski definition) is 2. The van der Waals surface area contributed by atoms with E-state index in [2.05, 4.69) is 15.5 Å². The first-order chi connectivity index (χ1) is 6.74. The van der Waals surface area contributed by atoms with E-state index in [1.54, 1.807) is 0 Å². The molecule has 14 heavy (non-hydrogen) atoms. The van der Waals surface area contributed by atoms with E-state index in [1.807, 2.05) is 31.2 Å². The van der Waals surface area contributed by atoms with Crippen LogP contribution in [-0.2, 0) is 0 Å². The summed E-state index contributed by atoms with van der Waals surface area (Å²) in [5, 5.41) is 10.2. The molecule has 1 aromatic heterocycles. The quantitative estimate of drug-likeness (QED) is 0.753. The van der Waals surface area contributed by atoms with E-state index in [1.165, 1.54) is 0 Å². The van der Waals surface area contributed by atoms with Crippen LogP contribution in [0, 0.1) is 6.92 Å². The van der Waals surface area contributed by atoms with E-state index >= 15 is 0 Å². The number of nitrogens with one attached hydrogen (secondary N) is 1. The molecule has 0 spiro atoms. The van der Waals surface area contributed by atoms with Crippen LogP contribution in [-0.4, -0.2) is 10.2 Å². The number of nitrogens with two attached hydrogens (primary N) is 1. The van der Waals surface area contributed by atoms with Gasteiger partial charge >= 0.3 is 12.0 Å². The minimum absolute atomic E-state index is 0.0557. The van der Waals surface area contributed by atoms with Gasteiger partial charge in [0.15, 0.2) is 0 Å². The van der Waals surface area contributed by atoms with Crippen molar-refractivity contribution in [1.82, 2.24) is 10.2 Å².